The molecule has 0 radical (unpaired) electrons. The van der Waals surface area contributed by atoms with Crippen LogP contribution < -0.4 is 30.5 Å². The second-order valence-electron chi connectivity index (χ2n) is 21.0. The lowest BCUT2D eigenvalue weighted by atomic mass is 10.2. The molecule has 2 N–H and O–H groups in total. The normalized spacial score (nSPS) is 15.2. The average molecular weight is 816 g/mol. The fraction of sp³-hybridized carbons (Fsp3) is 0.818. The Morgan fingerprint density at radius 2 is 0.509 bits per heavy atom. The van der Waals surface area contributed by atoms with Gasteiger partial charge < -0.3 is 9.44 Å². The highest BCUT2D eigenvalue weighted by Crippen LogP contribution is 2.51. The van der Waals surface area contributed by atoms with E-state index < -0.39 is 32.3 Å². The molecule has 2 aromatic rings. The molecule has 1 aromatic carbocycles. The van der Waals surface area contributed by atoms with Gasteiger partial charge in [0.1, 0.15) is 32.3 Å². The largest absolute Gasteiger partial charge is 0.310 e. The number of aromatic nitrogens is 2. The van der Waals surface area contributed by atoms with Crippen LogP contribution in [0.25, 0.3) is 11.0 Å². The summed E-state index contributed by atoms with van der Waals surface area (Å²) in [5.41, 5.74) is 12.0. The number of hydrogen-bond donors (Lipinski definition) is 2. The van der Waals surface area contributed by atoms with E-state index in [2.05, 4.69) is 176 Å². The molecule has 0 atom stereocenters. The van der Waals surface area contributed by atoms with Crippen molar-refractivity contribution in [3.8, 4) is 0 Å². The maximum atomic E-state index is 6.58. The van der Waals surface area contributed by atoms with Crippen molar-refractivity contribution >= 4 is 87.8 Å². The molecular weight excluding hydrogens is 729 g/mol. The number of hydrogen-bond acceptors (Lipinski definition) is 5. The number of rotatable bonds is 16. The van der Waals surface area contributed by atoms with Gasteiger partial charge in [-0.15, -0.1) is 0 Å². The summed E-state index contributed by atoms with van der Waals surface area (Å²) in [6.07, 6.45) is 0. The highest BCUT2D eigenvalue weighted by atomic mass is 32.2. The van der Waals surface area contributed by atoms with Gasteiger partial charge in [0.25, 0.3) is 0 Å². The Morgan fingerprint density at radius 1 is 0.321 bits per heavy atom. The Balaban J connectivity index is 3.15. The van der Waals surface area contributed by atoms with E-state index in [4.69, 9.17) is 9.97 Å². The van der Waals surface area contributed by atoms with Crippen molar-refractivity contribution in [2.45, 2.75) is 233 Å². The number of anilines is 2. The van der Waals surface area contributed by atoms with Crippen molar-refractivity contribution in [2.75, 3.05) is 9.44 Å². The molecule has 1 aliphatic heterocycles. The van der Waals surface area contributed by atoms with Crippen molar-refractivity contribution in [3.05, 3.63) is 0 Å². The second kappa shape index (κ2) is 16.7. The van der Waals surface area contributed by atoms with Gasteiger partial charge in [-0.2, -0.15) is 0 Å². The zero-order chi connectivity index (χ0) is 41.1. The zero-order valence-electron chi connectivity index (χ0n) is 39.2. The van der Waals surface area contributed by atoms with E-state index in [1.807, 2.05) is 0 Å². The second-order valence-corrected chi connectivity index (χ2v) is 44.9. The van der Waals surface area contributed by atoms with Gasteiger partial charge in [0.15, 0.2) is 0 Å². The quantitative estimate of drug-likeness (QED) is 0.131. The lowest BCUT2D eigenvalue weighted by molar-refractivity contribution is 0.820. The summed E-state index contributed by atoms with van der Waals surface area (Å²) in [6, 6.07) is 0. The van der Waals surface area contributed by atoms with Gasteiger partial charge >= 0.3 is 0 Å². The summed E-state index contributed by atoms with van der Waals surface area (Å²) < 4.78 is 8.00. The SMILES string of the molecule is CC(C)[Si](c1nc2c([Si](C(C)C)(C(C)C)C(C)C)c3c(c([Si](C(C)C)(C(C)C)C(C)C)c2nc1[Si](C(C)C)(C(C)C)C(C)C)NSN3)(C(C)C)C(C)C. The standard InChI is InChI=1S/C44H86N4SSi4/c1-25(2)50(26(3)4,27(5)6)41-37-38(42(40-39(41)47-49-48-40)51(28(7)8,29(9)10)30(11)12)46-44(53(34(19)20,35(21)22)36(23)24)43(45-37)52(31(13)14,32(15)16)33(17)18/h25-36,47-48H,1-24H3. The Hall–Kier alpha value is -0.622. The van der Waals surface area contributed by atoms with Crippen LogP contribution in [0.5, 0.6) is 0 Å². The first-order chi connectivity index (χ1) is 24.3. The summed E-state index contributed by atoms with van der Waals surface area (Å²) in [5.74, 6) is 0. The van der Waals surface area contributed by atoms with Gasteiger partial charge in [0.05, 0.1) is 34.5 Å². The van der Waals surface area contributed by atoms with E-state index in [-0.39, 0.29) is 0 Å². The monoisotopic (exact) mass is 815 g/mol. The third-order valence-electron chi connectivity index (χ3n) is 15.6. The highest BCUT2D eigenvalue weighted by Gasteiger charge is 2.57. The molecule has 0 amide bonds. The van der Waals surface area contributed by atoms with Crippen LogP contribution >= 0.6 is 12.1 Å². The Morgan fingerprint density at radius 3 is 0.679 bits per heavy atom. The maximum Gasteiger partial charge on any atom is 0.120 e. The van der Waals surface area contributed by atoms with Gasteiger partial charge in [0.2, 0.25) is 0 Å². The van der Waals surface area contributed by atoms with Crippen LogP contribution in [0.15, 0.2) is 0 Å². The minimum Gasteiger partial charge on any atom is -0.310 e. The molecule has 4 nitrogen and oxygen atoms in total. The molecule has 3 rings (SSSR count). The number of nitrogens with one attached hydrogen (secondary N) is 2. The molecule has 0 unspecified atom stereocenters. The van der Waals surface area contributed by atoms with Crippen molar-refractivity contribution in [1.82, 2.24) is 9.97 Å². The fourth-order valence-corrected chi connectivity index (χ4v) is 43.3. The zero-order valence-corrected chi connectivity index (χ0v) is 44.0. The summed E-state index contributed by atoms with van der Waals surface area (Å²) in [6.45, 7) is 61.0. The van der Waals surface area contributed by atoms with E-state index in [0.29, 0.717) is 66.5 Å². The van der Waals surface area contributed by atoms with Gasteiger partial charge in [-0.1, -0.05) is 166 Å². The molecule has 9 heteroatoms. The summed E-state index contributed by atoms with van der Waals surface area (Å²) in [5, 5.41) is 6.16. The van der Waals surface area contributed by atoms with Gasteiger partial charge in [-0.25, -0.2) is 0 Å². The molecule has 0 saturated heterocycles. The van der Waals surface area contributed by atoms with E-state index in [9.17, 15) is 0 Å². The molecule has 1 aromatic heterocycles. The lowest BCUT2D eigenvalue weighted by Gasteiger charge is -2.50. The third kappa shape index (κ3) is 6.64. The van der Waals surface area contributed by atoms with Gasteiger partial charge in [-0.05, 0) is 76.9 Å². The molecule has 0 saturated carbocycles. The van der Waals surface area contributed by atoms with Crippen LogP contribution in [0.3, 0.4) is 0 Å². The van der Waals surface area contributed by atoms with E-state index in [1.54, 1.807) is 22.5 Å². The predicted molar refractivity (Wildman–Crippen MR) is 257 cm³/mol. The van der Waals surface area contributed by atoms with Crippen molar-refractivity contribution in [1.29, 1.82) is 0 Å². The number of benzene rings is 1. The first-order valence-electron chi connectivity index (χ1n) is 21.9. The molecule has 304 valence electrons. The Kier molecular flexibility index (Phi) is 14.7. The number of nitrogens with zero attached hydrogens (tertiary/aromatic N) is 2. The topological polar surface area (TPSA) is 49.8 Å². The first kappa shape index (κ1) is 46.8. The average Bonchev–Trinajstić information content (AvgIpc) is 3.46. The summed E-state index contributed by atoms with van der Waals surface area (Å²) >= 11 is 1.70. The minimum absolute atomic E-state index is 0.552. The highest BCUT2D eigenvalue weighted by molar-refractivity contribution is 8.02. The van der Waals surface area contributed by atoms with Gasteiger partial charge in [0, 0.05) is 10.6 Å². The van der Waals surface area contributed by atoms with Crippen molar-refractivity contribution in [3.63, 3.8) is 0 Å². The molecule has 0 bridgehead atoms. The minimum atomic E-state index is -2.28. The fourth-order valence-electron chi connectivity index (χ4n) is 14.4. The van der Waals surface area contributed by atoms with Crippen LogP contribution in [0.2, 0.25) is 66.5 Å². The van der Waals surface area contributed by atoms with Crippen LogP contribution in [-0.2, 0) is 0 Å². The lowest BCUT2D eigenvalue weighted by Crippen LogP contribution is -2.72. The van der Waals surface area contributed by atoms with Crippen LogP contribution in [0, 0.1) is 0 Å². The molecule has 1 aliphatic rings. The summed E-state index contributed by atoms with van der Waals surface area (Å²) in [7, 11) is -9.08. The molecular formula is C44H86N4SSi4. The van der Waals surface area contributed by atoms with E-state index in [0.717, 1.165) is 0 Å². The first-order valence-corrected chi connectivity index (χ1v) is 31.6. The Bertz CT molecular complexity index is 1370. The molecule has 53 heavy (non-hydrogen) atoms. The van der Waals surface area contributed by atoms with Gasteiger partial charge in [-0.3, -0.25) is 9.97 Å². The van der Waals surface area contributed by atoms with E-state index >= 15 is 0 Å². The molecule has 0 fully saturated rings. The molecule has 0 aliphatic carbocycles. The molecule has 0 spiro atoms. The third-order valence-corrected chi connectivity index (χ3v) is 44.4. The predicted octanol–water partition coefficient (Wildman–Crippen LogP) is 13.6. The van der Waals surface area contributed by atoms with Crippen LogP contribution in [0.4, 0.5) is 11.4 Å². The smallest absolute Gasteiger partial charge is 0.120 e. The van der Waals surface area contributed by atoms with Crippen molar-refractivity contribution < 1.29 is 0 Å². The number of fused-ring (bicyclic) bond motifs is 2. The van der Waals surface area contributed by atoms with E-state index in [1.165, 1.54) is 33.0 Å². The van der Waals surface area contributed by atoms with Crippen LogP contribution in [0.1, 0.15) is 166 Å². The van der Waals surface area contributed by atoms with Crippen LogP contribution in [-0.4, -0.2) is 42.3 Å². The van der Waals surface area contributed by atoms with Crippen molar-refractivity contribution in [2.24, 2.45) is 0 Å². The molecule has 2 heterocycles. The summed E-state index contributed by atoms with van der Waals surface area (Å²) in [4.78, 5) is 13.2. The maximum absolute atomic E-state index is 6.58. The Labute approximate surface area is 338 Å².